The number of carbonyl (C=O) groups is 3. The minimum atomic E-state index is -0.960. The number of halogens is 1. The first-order valence-corrected chi connectivity index (χ1v) is 13.1. The van der Waals surface area contributed by atoms with E-state index in [0.717, 1.165) is 12.8 Å². The molecule has 2 heterocycles. The second-order valence-corrected chi connectivity index (χ2v) is 9.69. The summed E-state index contributed by atoms with van der Waals surface area (Å²) < 4.78 is 29.9. The Morgan fingerprint density at radius 2 is 1.75 bits per heavy atom. The summed E-state index contributed by atoms with van der Waals surface area (Å²) >= 11 is 0. The molecule has 0 aromatic heterocycles. The van der Waals surface area contributed by atoms with E-state index in [1.165, 1.54) is 17.0 Å². The number of amides is 3. The molecule has 3 aromatic carbocycles. The topological polar surface area (TPSA) is 106 Å². The molecule has 2 saturated heterocycles. The van der Waals surface area contributed by atoms with Gasteiger partial charge in [0.15, 0.2) is 12.1 Å². The number of carbonyl (C=O) groups excluding carboxylic acids is 3. The molecule has 0 saturated carbocycles. The second-order valence-electron chi connectivity index (χ2n) is 9.69. The maximum absolute atomic E-state index is 13.4. The molecule has 9 nitrogen and oxygen atoms in total. The van der Waals surface area contributed by atoms with Crippen molar-refractivity contribution in [3.8, 4) is 5.75 Å². The third-order valence-corrected chi connectivity index (χ3v) is 7.00. The van der Waals surface area contributed by atoms with Crippen LogP contribution in [0.5, 0.6) is 5.75 Å². The molecule has 40 heavy (non-hydrogen) atoms. The van der Waals surface area contributed by atoms with E-state index in [0.29, 0.717) is 41.3 Å². The van der Waals surface area contributed by atoms with E-state index in [1.807, 2.05) is 0 Å². The molecule has 3 atom stereocenters. The van der Waals surface area contributed by atoms with Crippen molar-refractivity contribution >= 4 is 23.6 Å². The maximum Gasteiger partial charge on any atom is 0.411 e. The molecule has 3 amide bonds. The van der Waals surface area contributed by atoms with Crippen molar-refractivity contribution in [1.29, 1.82) is 0 Å². The standard InChI is InChI=1S/C30H30FN3O6/c1-38-24-14-8-21(9-15-24)28(35)33-23-12-6-20(7-13-23)27-26(29(36)32-17-25-3-2-16-39-25)34(30(37)40-27)18-19-4-10-22(31)11-5-19/h4-15,25-27H,2-3,16-18H2,1H3,(H,32,36)(H,33,35)/t25-,26-,27-/m0/s1. The molecule has 0 radical (unpaired) electrons. The lowest BCUT2D eigenvalue weighted by atomic mass is 10.00. The zero-order valence-corrected chi connectivity index (χ0v) is 22.0. The van der Waals surface area contributed by atoms with Gasteiger partial charge in [0, 0.05) is 24.4 Å². The highest BCUT2D eigenvalue weighted by Gasteiger charge is 2.47. The summed E-state index contributed by atoms with van der Waals surface area (Å²) in [6, 6.07) is 18.3. The maximum atomic E-state index is 13.4. The number of hydrogen-bond acceptors (Lipinski definition) is 6. The number of hydrogen-bond donors (Lipinski definition) is 2. The summed E-state index contributed by atoms with van der Waals surface area (Å²) in [7, 11) is 1.55. The SMILES string of the molecule is COc1ccc(C(=O)Nc2ccc([C@@H]3OC(=O)N(Cc4ccc(F)cc4)[C@@H]3C(=O)NC[C@@H]3CCCO3)cc2)cc1. The van der Waals surface area contributed by atoms with Gasteiger partial charge in [0.05, 0.1) is 19.8 Å². The highest BCUT2D eigenvalue weighted by Crippen LogP contribution is 2.34. The van der Waals surface area contributed by atoms with E-state index in [4.69, 9.17) is 14.2 Å². The van der Waals surface area contributed by atoms with E-state index < -0.39 is 24.1 Å². The molecule has 208 valence electrons. The Morgan fingerprint density at radius 3 is 2.40 bits per heavy atom. The molecule has 2 N–H and O–H groups in total. The van der Waals surface area contributed by atoms with Crippen LogP contribution in [0.3, 0.4) is 0 Å². The summed E-state index contributed by atoms with van der Waals surface area (Å²) in [5.74, 6) is -0.407. The molecule has 3 aromatic rings. The smallest absolute Gasteiger partial charge is 0.411 e. The van der Waals surface area contributed by atoms with Crippen LogP contribution < -0.4 is 15.4 Å². The third-order valence-electron chi connectivity index (χ3n) is 7.00. The first kappa shape index (κ1) is 27.1. The Kier molecular flexibility index (Phi) is 8.26. The van der Waals surface area contributed by atoms with Gasteiger partial charge in [0.25, 0.3) is 5.91 Å². The lowest BCUT2D eigenvalue weighted by molar-refractivity contribution is -0.126. The number of rotatable bonds is 9. The number of cyclic esters (lactones) is 1. The summed E-state index contributed by atoms with van der Waals surface area (Å²) in [5.41, 5.74) is 2.26. The molecule has 0 unspecified atom stereocenters. The van der Waals surface area contributed by atoms with Crippen molar-refractivity contribution in [3.05, 3.63) is 95.3 Å². The molecule has 0 aliphatic carbocycles. The highest BCUT2D eigenvalue weighted by atomic mass is 19.1. The van der Waals surface area contributed by atoms with Crippen LogP contribution in [0.15, 0.2) is 72.8 Å². The molecule has 0 spiro atoms. The highest BCUT2D eigenvalue weighted by molar-refractivity contribution is 6.04. The second kappa shape index (κ2) is 12.2. The van der Waals surface area contributed by atoms with E-state index in [2.05, 4.69) is 10.6 Å². The predicted octanol–water partition coefficient (Wildman–Crippen LogP) is 4.44. The van der Waals surface area contributed by atoms with Crippen molar-refractivity contribution < 1.29 is 33.0 Å². The lowest BCUT2D eigenvalue weighted by Crippen LogP contribution is -2.47. The normalized spacial score (nSPS) is 20.2. The Balaban J connectivity index is 1.32. The van der Waals surface area contributed by atoms with Gasteiger partial charge in [-0.15, -0.1) is 0 Å². The average Bonchev–Trinajstić information content (AvgIpc) is 3.61. The first-order valence-electron chi connectivity index (χ1n) is 13.1. The Labute approximate surface area is 231 Å². The molecule has 5 rings (SSSR count). The zero-order chi connectivity index (χ0) is 28.1. The van der Waals surface area contributed by atoms with Crippen LogP contribution in [0.25, 0.3) is 0 Å². The van der Waals surface area contributed by atoms with Gasteiger partial charge in [-0.3, -0.25) is 14.5 Å². The third kappa shape index (κ3) is 6.23. The van der Waals surface area contributed by atoms with E-state index in [1.54, 1.807) is 67.8 Å². The molecular formula is C30H30FN3O6. The van der Waals surface area contributed by atoms with Crippen LogP contribution in [0.1, 0.15) is 40.4 Å². The lowest BCUT2D eigenvalue weighted by Gasteiger charge is -2.25. The summed E-state index contributed by atoms with van der Waals surface area (Å²) in [4.78, 5) is 40.4. The molecule has 2 fully saturated rings. The van der Waals surface area contributed by atoms with Gasteiger partial charge < -0.3 is 24.8 Å². The Bertz CT molecular complexity index is 1340. The van der Waals surface area contributed by atoms with Gasteiger partial charge in [-0.05, 0) is 72.5 Å². The molecule has 2 aliphatic rings. The van der Waals surface area contributed by atoms with E-state index >= 15 is 0 Å². The average molecular weight is 548 g/mol. The van der Waals surface area contributed by atoms with Crippen molar-refractivity contribution in [2.45, 2.75) is 37.6 Å². The number of methoxy groups -OCH3 is 1. The summed E-state index contributed by atoms with van der Waals surface area (Å²) in [6.45, 7) is 1.06. The number of nitrogens with one attached hydrogen (secondary N) is 2. The predicted molar refractivity (Wildman–Crippen MR) is 144 cm³/mol. The monoisotopic (exact) mass is 547 g/mol. The molecule has 2 aliphatic heterocycles. The van der Waals surface area contributed by atoms with Gasteiger partial charge in [-0.1, -0.05) is 24.3 Å². The van der Waals surface area contributed by atoms with Crippen molar-refractivity contribution in [2.24, 2.45) is 0 Å². The van der Waals surface area contributed by atoms with Crippen LogP contribution in [-0.2, 0) is 20.8 Å². The van der Waals surface area contributed by atoms with Crippen molar-refractivity contribution in [3.63, 3.8) is 0 Å². The summed E-state index contributed by atoms with van der Waals surface area (Å²) in [5, 5.41) is 5.74. The largest absolute Gasteiger partial charge is 0.497 e. The molecule has 10 heteroatoms. The van der Waals surface area contributed by atoms with Gasteiger partial charge in [-0.2, -0.15) is 0 Å². The quantitative estimate of drug-likeness (QED) is 0.410. The fourth-order valence-electron chi connectivity index (χ4n) is 4.82. The van der Waals surface area contributed by atoms with Gasteiger partial charge in [-0.25, -0.2) is 9.18 Å². The number of nitrogens with zero attached hydrogens (tertiary/aromatic N) is 1. The summed E-state index contributed by atoms with van der Waals surface area (Å²) in [6.07, 6.45) is 0.186. The number of anilines is 1. The Hall–Kier alpha value is -4.44. The minimum Gasteiger partial charge on any atom is -0.497 e. The first-order chi connectivity index (χ1) is 19.4. The Morgan fingerprint density at radius 1 is 1.02 bits per heavy atom. The van der Waals surface area contributed by atoms with Crippen LogP contribution in [-0.4, -0.2) is 55.2 Å². The fourth-order valence-corrected chi connectivity index (χ4v) is 4.82. The minimum absolute atomic E-state index is 0.0698. The van der Waals surface area contributed by atoms with E-state index in [-0.39, 0.29) is 24.5 Å². The zero-order valence-electron chi connectivity index (χ0n) is 22.0. The van der Waals surface area contributed by atoms with Crippen LogP contribution in [0.2, 0.25) is 0 Å². The van der Waals surface area contributed by atoms with Crippen LogP contribution in [0, 0.1) is 5.82 Å². The molecular weight excluding hydrogens is 517 g/mol. The number of benzene rings is 3. The van der Waals surface area contributed by atoms with Crippen molar-refractivity contribution in [2.75, 3.05) is 25.6 Å². The van der Waals surface area contributed by atoms with E-state index in [9.17, 15) is 18.8 Å². The van der Waals surface area contributed by atoms with Gasteiger partial charge >= 0.3 is 6.09 Å². The number of ether oxygens (including phenoxy) is 3. The molecule has 0 bridgehead atoms. The van der Waals surface area contributed by atoms with Gasteiger partial charge in [0.1, 0.15) is 11.6 Å². The van der Waals surface area contributed by atoms with Gasteiger partial charge in [0.2, 0.25) is 5.91 Å². The van der Waals surface area contributed by atoms with Crippen LogP contribution >= 0.6 is 0 Å². The van der Waals surface area contributed by atoms with Crippen LogP contribution in [0.4, 0.5) is 14.9 Å². The fraction of sp³-hybridized carbons (Fsp3) is 0.300. The van der Waals surface area contributed by atoms with Crippen molar-refractivity contribution in [1.82, 2.24) is 10.2 Å².